The first kappa shape index (κ1) is 22.6. The first-order chi connectivity index (χ1) is 15.5. The summed E-state index contributed by atoms with van der Waals surface area (Å²) >= 11 is 6.58. The molecule has 4 rings (SSSR count). The molecule has 7 heteroatoms. The van der Waals surface area contributed by atoms with E-state index in [0.717, 1.165) is 59.8 Å². The number of carbonyl (C=O) groups is 1. The topological polar surface area (TPSA) is 54.5 Å². The fourth-order valence-electron chi connectivity index (χ4n) is 4.55. The maximum absolute atomic E-state index is 14.9. The number of para-hydroxylation sites is 1. The number of nitrogens with two attached hydrogens (primary N) is 1. The van der Waals surface area contributed by atoms with Crippen LogP contribution in [-0.2, 0) is 13.0 Å². The van der Waals surface area contributed by atoms with Crippen molar-refractivity contribution >= 4 is 34.1 Å². The summed E-state index contributed by atoms with van der Waals surface area (Å²) in [5.74, 6) is -0.487. The summed E-state index contributed by atoms with van der Waals surface area (Å²) in [5.41, 5.74) is 9.11. The SMILES string of the molecule is CCc1cccc(N2CCN(CC(F)CCn3c(C(N)=O)cc4ccccc43)CC2)c1Cl. The van der Waals surface area contributed by atoms with Crippen molar-refractivity contribution in [3.8, 4) is 0 Å². The fraction of sp³-hybridized carbons (Fsp3) is 0.400. The Morgan fingerprint density at radius 1 is 1.12 bits per heavy atom. The highest BCUT2D eigenvalue weighted by Crippen LogP contribution is 2.30. The largest absolute Gasteiger partial charge is 0.368 e. The Balaban J connectivity index is 1.33. The molecule has 1 saturated heterocycles. The summed E-state index contributed by atoms with van der Waals surface area (Å²) in [6.07, 6.45) is 0.267. The van der Waals surface area contributed by atoms with Crippen molar-refractivity contribution in [1.82, 2.24) is 9.47 Å². The number of hydrogen-bond donors (Lipinski definition) is 1. The third-order valence-corrected chi connectivity index (χ3v) is 6.77. The zero-order valence-corrected chi connectivity index (χ0v) is 19.2. The minimum atomic E-state index is -0.976. The van der Waals surface area contributed by atoms with E-state index in [1.54, 1.807) is 6.07 Å². The average Bonchev–Trinajstić information content (AvgIpc) is 3.17. The molecule has 1 unspecified atom stereocenters. The predicted molar refractivity (Wildman–Crippen MR) is 129 cm³/mol. The number of carbonyl (C=O) groups excluding carboxylic acids is 1. The van der Waals surface area contributed by atoms with Crippen molar-refractivity contribution in [2.75, 3.05) is 37.6 Å². The second-order valence-corrected chi connectivity index (χ2v) is 8.76. The molecule has 2 aromatic carbocycles. The van der Waals surface area contributed by atoms with Crippen LogP contribution in [0.1, 0.15) is 29.4 Å². The monoisotopic (exact) mass is 456 g/mol. The molecule has 32 heavy (non-hydrogen) atoms. The lowest BCUT2D eigenvalue weighted by molar-refractivity contribution is 0.0990. The Hall–Kier alpha value is -2.57. The van der Waals surface area contributed by atoms with E-state index in [4.69, 9.17) is 17.3 Å². The molecule has 0 saturated carbocycles. The number of nitrogens with zero attached hydrogens (tertiary/aromatic N) is 3. The van der Waals surface area contributed by atoms with Crippen molar-refractivity contribution in [2.45, 2.75) is 32.5 Å². The Labute approximate surface area is 193 Å². The van der Waals surface area contributed by atoms with E-state index in [-0.39, 0.29) is 0 Å². The average molecular weight is 457 g/mol. The number of hydrogen-bond acceptors (Lipinski definition) is 3. The van der Waals surface area contributed by atoms with Gasteiger partial charge in [-0.05, 0) is 36.6 Å². The van der Waals surface area contributed by atoms with Crippen LogP contribution in [0.25, 0.3) is 10.9 Å². The maximum Gasteiger partial charge on any atom is 0.265 e. The van der Waals surface area contributed by atoms with Crippen molar-refractivity contribution < 1.29 is 9.18 Å². The lowest BCUT2D eigenvalue weighted by atomic mass is 10.1. The van der Waals surface area contributed by atoms with Gasteiger partial charge in [0.25, 0.3) is 5.91 Å². The summed E-state index contributed by atoms with van der Waals surface area (Å²) in [5, 5.41) is 1.77. The number of alkyl halides is 1. The molecule has 1 amide bonds. The molecule has 0 radical (unpaired) electrons. The van der Waals surface area contributed by atoms with Gasteiger partial charge in [-0.2, -0.15) is 0 Å². The first-order valence-electron chi connectivity index (χ1n) is 11.2. The van der Waals surface area contributed by atoms with Crippen LogP contribution in [0, 0.1) is 0 Å². The Kier molecular flexibility index (Phi) is 7.01. The molecule has 0 aliphatic carbocycles. The second kappa shape index (κ2) is 9.92. The number of primary amides is 1. The molecule has 1 aliphatic heterocycles. The normalized spacial score (nSPS) is 15.9. The number of aryl methyl sites for hydroxylation is 2. The number of rotatable bonds is 8. The van der Waals surface area contributed by atoms with E-state index in [1.807, 2.05) is 28.8 Å². The lowest BCUT2D eigenvalue weighted by Gasteiger charge is -2.37. The van der Waals surface area contributed by atoms with Gasteiger partial charge in [0, 0.05) is 50.2 Å². The molecule has 0 bridgehead atoms. The van der Waals surface area contributed by atoms with Crippen LogP contribution in [-0.4, -0.2) is 54.3 Å². The molecular weight excluding hydrogens is 427 g/mol. The van der Waals surface area contributed by atoms with Crippen LogP contribution < -0.4 is 10.6 Å². The fourth-order valence-corrected chi connectivity index (χ4v) is 4.93. The second-order valence-electron chi connectivity index (χ2n) is 8.38. The van der Waals surface area contributed by atoms with E-state index in [9.17, 15) is 9.18 Å². The minimum absolute atomic E-state index is 0.337. The van der Waals surface area contributed by atoms with Gasteiger partial charge in [-0.25, -0.2) is 4.39 Å². The van der Waals surface area contributed by atoms with Crippen LogP contribution in [0.15, 0.2) is 48.5 Å². The zero-order chi connectivity index (χ0) is 22.7. The summed E-state index contributed by atoms with van der Waals surface area (Å²) < 4.78 is 16.7. The number of anilines is 1. The van der Waals surface area contributed by atoms with Gasteiger partial charge in [0.05, 0.1) is 10.7 Å². The molecule has 170 valence electrons. The standard InChI is InChI=1S/C25H30ClFN4O/c1-2-18-7-5-9-22(24(18)26)30-14-12-29(13-15-30)17-20(27)10-11-31-21-8-4-3-6-19(21)16-23(31)25(28)32/h3-9,16,20H,2,10-15,17H2,1H3,(H2,28,32). The molecule has 0 spiro atoms. The van der Waals surface area contributed by atoms with Gasteiger partial charge in [-0.1, -0.05) is 48.9 Å². The molecule has 1 aliphatic rings. The van der Waals surface area contributed by atoms with E-state index >= 15 is 0 Å². The highest BCUT2D eigenvalue weighted by Gasteiger charge is 2.22. The van der Waals surface area contributed by atoms with Gasteiger partial charge >= 0.3 is 0 Å². The van der Waals surface area contributed by atoms with Gasteiger partial charge in [0.1, 0.15) is 11.9 Å². The van der Waals surface area contributed by atoms with Crippen molar-refractivity contribution in [1.29, 1.82) is 0 Å². The van der Waals surface area contributed by atoms with Crippen LogP contribution in [0.5, 0.6) is 0 Å². The molecule has 1 fully saturated rings. The van der Waals surface area contributed by atoms with E-state index in [1.165, 1.54) is 0 Å². The van der Waals surface area contributed by atoms with E-state index < -0.39 is 12.1 Å². The van der Waals surface area contributed by atoms with E-state index in [0.29, 0.717) is 25.2 Å². The van der Waals surface area contributed by atoms with Crippen LogP contribution >= 0.6 is 11.6 Å². The Morgan fingerprint density at radius 3 is 2.59 bits per heavy atom. The Bertz CT molecular complexity index is 1090. The maximum atomic E-state index is 14.9. The first-order valence-corrected chi connectivity index (χ1v) is 11.6. The number of halogens is 2. The number of amides is 1. The predicted octanol–water partition coefficient (Wildman–Crippen LogP) is 4.51. The van der Waals surface area contributed by atoms with Crippen LogP contribution in [0.3, 0.4) is 0 Å². The minimum Gasteiger partial charge on any atom is -0.368 e. The molecular formula is C25H30ClFN4O. The molecule has 1 aromatic heterocycles. The molecule has 2 N–H and O–H groups in total. The van der Waals surface area contributed by atoms with Crippen molar-refractivity contribution in [2.24, 2.45) is 5.73 Å². The highest BCUT2D eigenvalue weighted by molar-refractivity contribution is 6.34. The Morgan fingerprint density at radius 2 is 1.88 bits per heavy atom. The van der Waals surface area contributed by atoms with Gasteiger partial charge in [0.2, 0.25) is 0 Å². The summed E-state index contributed by atoms with van der Waals surface area (Å²) in [6, 6.07) is 15.7. The summed E-state index contributed by atoms with van der Waals surface area (Å²) in [6.45, 7) is 6.17. The summed E-state index contributed by atoms with van der Waals surface area (Å²) in [4.78, 5) is 16.3. The van der Waals surface area contributed by atoms with Crippen molar-refractivity contribution in [3.05, 3.63) is 64.8 Å². The molecule has 3 aromatic rings. The highest BCUT2D eigenvalue weighted by atomic mass is 35.5. The van der Waals surface area contributed by atoms with Gasteiger partial charge in [0.15, 0.2) is 0 Å². The van der Waals surface area contributed by atoms with Crippen LogP contribution in [0.4, 0.5) is 10.1 Å². The molecule has 1 atom stereocenters. The van der Waals surface area contributed by atoms with Crippen LogP contribution in [0.2, 0.25) is 5.02 Å². The third kappa shape index (κ3) is 4.76. The molecule has 2 heterocycles. The molecule has 5 nitrogen and oxygen atoms in total. The lowest BCUT2D eigenvalue weighted by Crippen LogP contribution is -2.48. The smallest absolute Gasteiger partial charge is 0.265 e. The van der Waals surface area contributed by atoms with Gasteiger partial charge < -0.3 is 15.2 Å². The van der Waals surface area contributed by atoms with Gasteiger partial charge in [-0.3, -0.25) is 9.69 Å². The van der Waals surface area contributed by atoms with E-state index in [2.05, 4.69) is 34.9 Å². The quantitative estimate of drug-likeness (QED) is 0.542. The number of benzene rings is 2. The number of fused-ring (bicyclic) bond motifs is 1. The van der Waals surface area contributed by atoms with Gasteiger partial charge in [-0.15, -0.1) is 0 Å². The number of aromatic nitrogens is 1. The number of piperazine rings is 1. The zero-order valence-electron chi connectivity index (χ0n) is 18.4. The third-order valence-electron chi connectivity index (χ3n) is 6.34. The van der Waals surface area contributed by atoms with Crippen molar-refractivity contribution in [3.63, 3.8) is 0 Å². The summed E-state index contributed by atoms with van der Waals surface area (Å²) in [7, 11) is 0.